The predicted molar refractivity (Wildman–Crippen MR) is 100 cm³/mol. The first kappa shape index (κ1) is 19.3. The van der Waals surface area contributed by atoms with Gasteiger partial charge in [0.05, 0.1) is 19.2 Å². The molecular weight excluding hydrogens is 360 g/mol. The summed E-state index contributed by atoms with van der Waals surface area (Å²) in [5.74, 6) is 0.0970. The molecule has 1 amide bonds. The van der Waals surface area contributed by atoms with Crippen molar-refractivity contribution in [3.63, 3.8) is 0 Å². The fraction of sp³-hybridized carbons (Fsp3) is 0.353. The van der Waals surface area contributed by atoms with Gasteiger partial charge in [-0.2, -0.15) is 11.8 Å². The Kier molecular flexibility index (Phi) is 7.27. The molecule has 134 valence electrons. The molecule has 2 aromatic rings. The first-order valence-corrected chi connectivity index (χ1v) is 9.90. The monoisotopic (exact) mass is 380 g/mol. The summed E-state index contributed by atoms with van der Waals surface area (Å²) in [6.45, 7) is 0. The molecule has 1 aromatic carbocycles. The third-order valence-electron chi connectivity index (χ3n) is 3.47. The van der Waals surface area contributed by atoms with Crippen LogP contribution in [-0.4, -0.2) is 47.1 Å². The molecule has 1 atom stereocenters. The fourth-order valence-corrected chi connectivity index (χ4v) is 3.45. The van der Waals surface area contributed by atoms with Crippen LogP contribution in [0.5, 0.6) is 5.75 Å². The third kappa shape index (κ3) is 5.75. The van der Waals surface area contributed by atoms with E-state index in [0.29, 0.717) is 17.9 Å². The lowest BCUT2D eigenvalue weighted by atomic mass is 10.2. The second-order valence-electron chi connectivity index (χ2n) is 5.29. The normalized spacial score (nSPS) is 11.8. The van der Waals surface area contributed by atoms with Gasteiger partial charge in [-0.05, 0) is 42.7 Å². The summed E-state index contributed by atoms with van der Waals surface area (Å²) >= 11 is 2.99. The first-order chi connectivity index (χ1) is 12.0. The average Bonchev–Trinajstić information content (AvgIpc) is 3.06. The van der Waals surface area contributed by atoms with Gasteiger partial charge in [0, 0.05) is 10.9 Å². The van der Waals surface area contributed by atoms with Gasteiger partial charge in [0.1, 0.15) is 16.8 Å². The van der Waals surface area contributed by atoms with E-state index in [-0.39, 0.29) is 12.3 Å². The maximum atomic E-state index is 12.1. The number of benzene rings is 1. The Labute approximate surface area is 154 Å². The zero-order valence-corrected chi connectivity index (χ0v) is 15.7. The number of thiazole rings is 1. The minimum Gasteiger partial charge on any atom is -0.497 e. The molecule has 0 saturated carbocycles. The van der Waals surface area contributed by atoms with Crippen molar-refractivity contribution in [2.24, 2.45) is 0 Å². The minimum absolute atomic E-state index is 0.0652. The van der Waals surface area contributed by atoms with Gasteiger partial charge >= 0.3 is 5.97 Å². The van der Waals surface area contributed by atoms with Gasteiger partial charge in [0.25, 0.3) is 0 Å². The molecule has 0 radical (unpaired) electrons. The molecule has 0 fully saturated rings. The maximum absolute atomic E-state index is 12.1. The predicted octanol–water partition coefficient (Wildman–Crippen LogP) is 2.68. The van der Waals surface area contributed by atoms with Crippen LogP contribution < -0.4 is 10.1 Å². The average molecular weight is 380 g/mol. The number of nitrogens with one attached hydrogen (secondary N) is 1. The van der Waals surface area contributed by atoms with Gasteiger partial charge in [-0.3, -0.25) is 4.79 Å². The second-order valence-corrected chi connectivity index (χ2v) is 7.13. The lowest BCUT2D eigenvalue weighted by Crippen LogP contribution is -2.41. The molecule has 2 rings (SSSR count). The number of carboxylic acids is 1. The van der Waals surface area contributed by atoms with E-state index in [1.165, 1.54) is 11.3 Å². The van der Waals surface area contributed by atoms with Crippen molar-refractivity contribution in [3.05, 3.63) is 35.3 Å². The summed E-state index contributed by atoms with van der Waals surface area (Å²) in [6.07, 6.45) is 2.36. The largest absolute Gasteiger partial charge is 0.497 e. The molecule has 1 aromatic heterocycles. The highest BCUT2D eigenvalue weighted by atomic mass is 32.2. The van der Waals surface area contributed by atoms with Crippen molar-refractivity contribution in [3.8, 4) is 16.3 Å². The minimum atomic E-state index is -1.01. The lowest BCUT2D eigenvalue weighted by molar-refractivity contribution is -0.141. The number of aliphatic carboxylic acids is 1. The molecule has 0 aliphatic rings. The van der Waals surface area contributed by atoms with E-state index in [1.54, 1.807) is 18.9 Å². The van der Waals surface area contributed by atoms with E-state index in [9.17, 15) is 9.59 Å². The zero-order chi connectivity index (χ0) is 18.2. The highest BCUT2D eigenvalue weighted by Gasteiger charge is 2.20. The Balaban J connectivity index is 1.97. The number of nitrogens with zero attached hydrogens (tertiary/aromatic N) is 1. The quantitative estimate of drug-likeness (QED) is 0.695. The molecule has 25 heavy (non-hydrogen) atoms. The molecule has 0 unspecified atom stereocenters. The van der Waals surface area contributed by atoms with Gasteiger partial charge in [-0.1, -0.05) is 0 Å². The molecule has 0 bridgehead atoms. The summed E-state index contributed by atoms with van der Waals surface area (Å²) in [7, 11) is 1.61. The number of hydrogen-bond acceptors (Lipinski definition) is 6. The van der Waals surface area contributed by atoms with Crippen LogP contribution in [0.3, 0.4) is 0 Å². The number of ether oxygens (including phenoxy) is 1. The number of rotatable bonds is 9. The van der Waals surface area contributed by atoms with E-state index in [0.717, 1.165) is 16.3 Å². The molecule has 1 heterocycles. The zero-order valence-electron chi connectivity index (χ0n) is 14.0. The van der Waals surface area contributed by atoms with Gasteiger partial charge in [-0.25, -0.2) is 9.78 Å². The van der Waals surface area contributed by atoms with Crippen LogP contribution in [0, 0.1) is 0 Å². The van der Waals surface area contributed by atoms with E-state index < -0.39 is 12.0 Å². The van der Waals surface area contributed by atoms with Crippen molar-refractivity contribution < 1.29 is 19.4 Å². The summed E-state index contributed by atoms with van der Waals surface area (Å²) in [5, 5.41) is 14.3. The molecule has 0 aliphatic carbocycles. The van der Waals surface area contributed by atoms with Gasteiger partial charge < -0.3 is 15.2 Å². The summed E-state index contributed by atoms with van der Waals surface area (Å²) < 4.78 is 5.13. The van der Waals surface area contributed by atoms with Crippen molar-refractivity contribution in [1.82, 2.24) is 10.3 Å². The number of carboxylic acid groups (broad SMARTS) is 1. The van der Waals surface area contributed by atoms with E-state index in [2.05, 4.69) is 10.3 Å². The molecule has 0 aliphatic heterocycles. The van der Waals surface area contributed by atoms with Gasteiger partial charge in [-0.15, -0.1) is 11.3 Å². The number of amides is 1. The molecule has 2 N–H and O–H groups in total. The highest BCUT2D eigenvalue weighted by Crippen LogP contribution is 2.25. The number of aromatic nitrogens is 1. The number of carbonyl (C=O) groups is 2. The van der Waals surface area contributed by atoms with Crippen LogP contribution in [0.1, 0.15) is 12.1 Å². The summed E-state index contributed by atoms with van der Waals surface area (Å²) in [6, 6.07) is 6.66. The lowest BCUT2D eigenvalue weighted by Gasteiger charge is -2.13. The van der Waals surface area contributed by atoms with E-state index in [1.807, 2.05) is 35.9 Å². The molecule has 0 saturated heterocycles. The second kappa shape index (κ2) is 9.43. The van der Waals surface area contributed by atoms with E-state index >= 15 is 0 Å². The van der Waals surface area contributed by atoms with Crippen LogP contribution in [0.2, 0.25) is 0 Å². The molecule has 0 spiro atoms. The number of carbonyl (C=O) groups excluding carboxylic acids is 1. The molecule has 6 nitrogen and oxygen atoms in total. The molecular formula is C17H20N2O4S2. The maximum Gasteiger partial charge on any atom is 0.326 e. The SMILES string of the molecule is COc1ccc(-c2nc(CC(=O)N[C@@H](CCSC)C(=O)O)cs2)cc1. The standard InChI is InChI=1S/C17H20N2O4S2/c1-23-13-5-3-11(4-6-13)16-18-12(10-25-16)9-15(20)19-14(17(21)22)7-8-24-2/h3-6,10,14H,7-9H2,1-2H3,(H,19,20)(H,21,22)/t14-/m0/s1. The topological polar surface area (TPSA) is 88.5 Å². The summed E-state index contributed by atoms with van der Waals surface area (Å²) in [5.41, 5.74) is 1.57. The summed E-state index contributed by atoms with van der Waals surface area (Å²) in [4.78, 5) is 27.7. The number of methoxy groups -OCH3 is 1. The van der Waals surface area contributed by atoms with Crippen molar-refractivity contribution in [2.75, 3.05) is 19.1 Å². The van der Waals surface area contributed by atoms with Crippen LogP contribution in [0.4, 0.5) is 0 Å². The van der Waals surface area contributed by atoms with E-state index in [4.69, 9.17) is 9.84 Å². The van der Waals surface area contributed by atoms with Crippen LogP contribution in [0.15, 0.2) is 29.6 Å². The number of thioether (sulfide) groups is 1. The van der Waals surface area contributed by atoms with Crippen LogP contribution >= 0.6 is 23.1 Å². The molecule has 8 heteroatoms. The Hall–Kier alpha value is -2.06. The van der Waals surface area contributed by atoms with Crippen molar-refractivity contribution in [2.45, 2.75) is 18.9 Å². The van der Waals surface area contributed by atoms with Crippen LogP contribution in [-0.2, 0) is 16.0 Å². The third-order valence-corrected chi connectivity index (χ3v) is 5.06. The Morgan fingerprint density at radius 3 is 2.68 bits per heavy atom. The van der Waals surface area contributed by atoms with Crippen molar-refractivity contribution >= 4 is 35.0 Å². The Morgan fingerprint density at radius 2 is 2.08 bits per heavy atom. The van der Waals surface area contributed by atoms with Crippen molar-refractivity contribution in [1.29, 1.82) is 0 Å². The Morgan fingerprint density at radius 1 is 1.36 bits per heavy atom. The highest BCUT2D eigenvalue weighted by molar-refractivity contribution is 7.98. The van der Waals surface area contributed by atoms with Crippen LogP contribution in [0.25, 0.3) is 10.6 Å². The van der Waals surface area contributed by atoms with Gasteiger partial charge in [0.15, 0.2) is 0 Å². The Bertz CT molecular complexity index is 716. The number of hydrogen-bond donors (Lipinski definition) is 2. The fourth-order valence-electron chi connectivity index (χ4n) is 2.16. The smallest absolute Gasteiger partial charge is 0.326 e. The first-order valence-electron chi connectivity index (χ1n) is 7.63. The van der Waals surface area contributed by atoms with Gasteiger partial charge in [0.2, 0.25) is 5.91 Å².